The van der Waals surface area contributed by atoms with Crippen LogP contribution in [0.4, 0.5) is 0 Å². The van der Waals surface area contributed by atoms with E-state index in [-0.39, 0.29) is 0 Å². The lowest BCUT2D eigenvalue weighted by atomic mass is 9.83. The Labute approximate surface area is 269 Å². The molecule has 0 aromatic heterocycles. The van der Waals surface area contributed by atoms with E-state index in [1.54, 1.807) is 0 Å². The second-order valence-corrected chi connectivity index (χ2v) is 13.1. The third kappa shape index (κ3) is 4.14. The summed E-state index contributed by atoms with van der Waals surface area (Å²) in [6.07, 6.45) is 1.06. The van der Waals surface area contributed by atoms with Gasteiger partial charge in [0.05, 0.1) is 0 Å². The van der Waals surface area contributed by atoms with E-state index in [4.69, 9.17) is 0 Å². The first-order valence-corrected chi connectivity index (χ1v) is 16.4. The average molecular weight is 587 g/mol. The molecule has 0 amide bonds. The van der Waals surface area contributed by atoms with Crippen LogP contribution in [-0.4, -0.2) is 0 Å². The molecule has 0 aliphatic carbocycles. The van der Waals surface area contributed by atoms with Crippen molar-refractivity contribution in [1.29, 1.82) is 0 Å². The molecule has 0 saturated heterocycles. The lowest BCUT2D eigenvalue weighted by Crippen LogP contribution is -1.97. The molecule has 0 heteroatoms. The summed E-state index contributed by atoms with van der Waals surface area (Å²) in [6.45, 7) is 4.65. The molecule has 0 aliphatic heterocycles. The van der Waals surface area contributed by atoms with Crippen LogP contribution in [0.15, 0.2) is 152 Å². The SMILES string of the molecule is CC(C)Cc1c2ccccc2cc2c1ccc1c(-c3c4ccccc4c(-c4ccc5ccccc5c4)c4ccccc34)cccc12. The molecule has 0 bridgehead atoms. The van der Waals surface area contributed by atoms with E-state index in [0.717, 1.165) is 6.42 Å². The minimum atomic E-state index is 0.579. The van der Waals surface area contributed by atoms with Gasteiger partial charge < -0.3 is 0 Å². The quantitative estimate of drug-likeness (QED) is 0.142. The molecule has 0 heterocycles. The summed E-state index contributed by atoms with van der Waals surface area (Å²) >= 11 is 0. The Balaban J connectivity index is 1.38. The summed E-state index contributed by atoms with van der Waals surface area (Å²) in [5, 5.41) is 15.7. The largest absolute Gasteiger partial charge is 0.0625 e. The number of benzene rings is 9. The number of hydrogen-bond donors (Lipinski definition) is 0. The molecule has 0 aliphatic rings. The second-order valence-electron chi connectivity index (χ2n) is 13.1. The Morgan fingerprint density at radius 3 is 1.63 bits per heavy atom. The van der Waals surface area contributed by atoms with Gasteiger partial charge in [-0.2, -0.15) is 0 Å². The van der Waals surface area contributed by atoms with Crippen LogP contribution in [-0.2, 0) is 6.42 Å². The molecule has 218 valence electrons. The van der Waals surface area contributed by atoms with Gasteiger partial charge in [0.1, 0.15) is 0 Å². The van der Waals surface area contributed by atoms with Gasteiger partial charge in [-0.25, -0.2) is 0 Å². The fourth-order valence-corrected chi connectivity index (χ4v) is 7.92. The van der Waals surface area contributed by atoms with Gasteiger partial charge in [0, 0.05) is 0 Å². The van der Waals surface area contributed by atoms with Gasteiger partial charge in [0.15, 0.2) is 0 Å². The van der Waals surface area contributed by atoms with Gasteiger partial charge in [0.2, 0.25) is 0 Å². The zero-order valence-electron chi connectivity index (χ0n) is 26.2. The van der Waals surface area contributed by atoms with Crippen LogP contribution in [0.3, 0.4) is 0 Å². The molecule has 9 aromatic carbocycles. The first-order valence-electron chi connectivity index (χ1n) is 16.4. The fraction of sp³-hybridized carbons (Fsp3) is 0.0870. The van der Waals surface area contributed by atoms with Crippen molar-refractivity contribution in [3.05, 3.63) is 157 Å². The third-order valence-corrected chi connectivity index (χ3v) is 9.87. The maximum absolute atomic E-state index is 2.42. The van der Waals surface area contributed by atoms with Crippen LogP contribution in [0.5, 0.6) is 0 Å². The maximum Gasteiger partial charge on any atom is -0.00201 e. The van der Waals surface area contributed by atoms with Gasteiger partial charge >= 0.3 is 0 Å². The van der Waals surface area contributed by atoms with Crippen molar-refractivity contribution in [3.8, 4) is 22.3 Å². The third-order valence-electron chi connectivity index (χ3n) is 9.87. The topological polar surface area (TPSA) is 0 Å². The van der Waals surface area contributed by atoms with Crippen LogP contribution in [0.25, 0.3) is 86.9 Å². The maximum atomic E-state index is 2.42. The van der Waals surface area contributed by atoms with Crippen LogP contribution in [0, 0.1) is 5.92 Å². The van der Waals surface area contributed by atoms with Gasteiger partial charge in [-0.05, 0) is 117 Å². The minimum absolute atomic E-state index is 0.579. The first kappa shape index (κ1) is 26.9. The van der Waals surface area contributed by atoms with Crippen LogP contribution in [0.2, 0.25) is 0 Å². The molecule has 0 unspecified atom stereocenters. The van der Waals surface area contributed by atoms with Crippen molar-refractivity contribution >= 4 is 64.6 Å². The Hall–Kier alpha value is -5.46. The fourth-order valence-electron chi connectivity index (χ4n) is 7.92. The number of hydrogen-bond acceptors (Lipinski definition) is 0. The lowest BCUT2D eigenvalue weighted by Gasteiger charge is -2.20. The Bertz CT molecular complexity index is 2580. The van der Waals surface area contributed by atoms with Crippen molar-refractivity contribution in [1.82, 2.24) is 0 Å². The summed E-state index contributed by atoms with van der Waals surface area (Å²) in [4.78, 5) is 0. The summed E-state index contributed by atoms with van der Waals surface area (Å²) in [7, 11) is 0. The highest BCUT2D eigenvalue weighted by Gasteiger charge is 2.19. The highest BCUT2D eigenvalue weighted by Crippen LogP contribution is 2.46. The van der Waals surface area contributed by atoms with Crippen LogP contribution in [0.1, 0.15) is 19.4 Å². The summed E-state index contributed by atoms with van der Waals surface area (Å²) < 4.78 is 0. The van der Waals surface area contributed by atoms with E-state index in [1.807, 2.05) is 0 Å². The van der Waals surface area contributed by atoms with E-state index in [1.165, 1.54) is 92.5 Å². The smallest absolute Gasteiger partial charge is 0.00201 e. The second kappa shape index (κ2) is 10.6. The van der Waals surface area contributed by atoms with Crippen molar-refractivity contribution in [2.24, 2.45) is 5.92 Å². The molecule has 0 spiro atoms. The van der Waals surface area contributed by atoms with Gasteiger partial charge in [-0.1, -0.05) is 153 Å². The first-order chi connectivity index (χ1) is 22.7. The number of fused-ring (bicyclic) bond motifs is 7. The zero-order valence-corrected chi connectivity index (χ0v) is 26.2. The van der Waals surface area contributed by atoms with Crippen LogP contribution >= 0.6 is 0 Å². The molecule has 0 radical (unpaired) electrons. The lowest BCUT2D eigenvalue weighted by molar-refractivity contribution is 0.653. The van der Waals surface area contributed by atoms with E-state index in [2.05, 4.69) is 166 Å². The molecule has 0 N–H and O–H groups in total. The molecular formula is C46H34. The standard InChI is InChI=1S/C46H34/c1-29(2)26-43-34-15-6-5-14-32(34)28-44-35-20-11-21-38(36(35)24-25-37(43)44)46-41-18-9-7-16-39(41)45(40-17-8-10-19-42(40)46)33-23-22-30-12-3-4-13-31(30)27-33/h3-25,27-29H,26H2,1-2H3. The minimum Gasteiger partial charge on any atom is -0.0625 e. The molecule has 46 heavy (non-hydrogen) atoms. The van der Waals surface area contributed by atoms with Gasteiger partial charge in [-0.3, -0.25) is 0 Å². The molecule has 0 fully saturated rings. The average Bonchev–Trinajstić information content (AvgIpc) is 3.10. The van der Waals surface area contributed by atoms with Crippen LogP contribution < -0.4 is 0 Å². The predicted octanol–water partition coefficient (Wildman–Crippen LogP) is 13.1. The van der Waals surface area contributed by atoms with Crippen molar-refractivity contribution < 1.29 is 0 Å². The summed E-state index contributed by atoms with van der Waals surface area (Å²) in [6, 6.07) is 56.5. The summed E-state index contributed by atoms with van der Waals surface area (Å²) in [5.41, 5.74) is 6.62. The molecule has 9 aromatic rings. The van der Waals surface area contributed by atoms with E-state index >= 15 is 0 Å². The zero-order chi connectivity index (χ0) is 30.8. The molecule has 0 atom stereocenters. The molecule has 0 nitrogen and oxygen atoms in total. The molecular weight excluding hydrogens is 553 g/mol. The Morgan fingerprint density at radius 2 is 0.935 bits per heavy atom. The van der Waals surface area contributed by atoms with E-state index < -0.39 is 0 Å². The predicted molar refractivity (Wildman–Crippen MR) is 201 cm³/mol. The molecule has 0 saturated carbocycles. The van der Waals surface area contributed by atoms with Gasteiger partial charge in [-0.15, -0.1) is 0 Å². The Kier molecular flexibility index (Phi) is 6.18. The normalized spacial score (nSPS) is 12.0. The van der Waals surface area contributed by atoms with Gasteiger partial charge in [0.25, 0.3) is 0 Å². The van der Waals surface area contributed by atoms with E-state index in [9.17, 15) is 0 Å². The highest BCUT2D eigenvalue weighted by molar-refractivity contribution is 6.25. The monoisotopic (exact) mass is 586 g/mol. The highest BCUT2D eigenvalue weighted by atomic mass is 14.2. The van der Waals surface area contributed by atoms with Crippen molar-refractivity contribution in [3.63, 3.8) is 0 Å². The molecule has 9 rings (SSSR count). The number of rotatable bonds is 4. The van der Waals surface area contributed by atoms with E-state index in [0.29, 0.717) is 5.92 Å². The summed E-state index contributed by atoms with van der Waals surface area (Å²) in [5.74, 6) is 0.579. The van der Waals surface area contributed by atoms with Crippen molar-refractivity contribution in [2.75, 3.05) is 0 Å². The Morgan fingerprint density at radius 1 is 0.370 bits per heavy atom. The van der Waals surface area contributed by atoms with Crippen molar-refractivity contribution in [2.45, 2.75) is 20.3 Å².